The Morgan fingerprint density at radius 1 is 1.31 bits per heavy atom. The number of hydrogen-bond donors (Lipinski definition) is 5. The molecule has 0 saturated carbocycles. The van der Waals surface area contributed by atoms with Crippen LogP contribution in [-0.2, 0) is 10.0 Å². The van der Waals surface area contributed by atoms with E-state index in [2.05, 4.69) is 9.97 Å². The van der Waals surface area contributed by atoms with E-state index in [1.54, 1.807) is 0 Å². The Morgan fingerprint density at radius 2 is 1.88 bits per heavy atom. The van der Waals surface area contributed by atoms with Gasteiger partial charge in [0, 0.05) is 0 Å². The average molecular weight is 251 g/mol. The summed E-state index contributed by atoms with van der Waals surface area (Å²) in [5.74, 6) is 0. The van der Waals surface area contributed by atoms with Gasteiger partial charge < -0.3 is 20.3 Å². The summed E-state index contributed by atoms with van der Waals surface area (Å²) in [6.07, 6.45) is 2.24. The van der Waals surface area contributed by atoms with E-state index in [0.717, 1.165) is 6.20 Å². The van der Waals surface area contributed by atoms with E-state index < -0.39 is 35.4 Å². The van der Waals surface area contributed by atoms with Crippen LogP contribution in [-0.4, -0.2) is 59.1 Å². The molecule has 5 N–H and O–H groups in total. The molecule has 0 aliphatic carbocycles. The van der Waals surface area contributed by atoms with Crippen LogP contribution in [0, 0.1) is 0 Å². The number of aromatic nitrogens is 2. The van der Waals surface area contributed by atoms with Gasteiger partial charge in [-0.25, -0.2) is 13.4 Å². The molecule has 0 saturated heterocycles. The second kappa shape index (κ2) is 4.89. The molecule has 92 valence electrons. The highest BCUT2D eigenvalue weighted by Gasteiger charge is 2.34. The molecule has 0 spiro atoms. The van der Waals surface area contributed by atoms with Crippen molar-refractivity contribution in [2.45, 2.75) is 10.6 Å². The number of rotatable bonds is 6. The maximum absolute atomic E-state index is 11.7. The van der Waals surface area contributed by atoms with Gasteiger partial charge in [-0.15, -0.1) is 0 Å². The summed E-state index contributed by atoms with van der Waals surface area (Å²) in [5, 5.41) is 26.7. The molecule has 1 rings (SSSR count). The zero-order chi connectivity index (χ0) is 12.2. The molecule has 9 heteroatoms. The highest BCUT2D eigenvalue weighted by atomic mass is 32.2. The largest absolute Gasteiger partial charge is 0.394 e. The highest BCUT2D eigenvalue weighted by Crippen LogP contribution is 2.09. The molecule has 0 bridgehead atoms. The third-order valence-electron chi connectivity index (χ3n) is 2.02. The van der Waals surface area contributed by atoms with E-state index in [4.69, 9.17) is 15.3 Å². The number of imidazole rings is 1. The fraction of sp³-hybridized carbons (Fsp3) is 0.571. The lowest BCUT2D eigenvalue weighted by molar-refractivity contribution is 0.0581. The molecular formula is C7H13N3O5S. The first kappa shape index (κ1) is 13.1. The van der Waals surface area contributed by atoms with Gasteiger partial charge in [0.1, 0.15) is 5.54 Å². The standard InChI is InChI=1S/C7H13N3O5S/c11-2-7(3-12,4-13)10-16(14,15)6-1-8-5-9-6/h1,5,10-13H,2-4H2,(H,8,9). The van der Waals surface area contributed by atoms with Crippen molar-refractivity contribution in [3.8, 4) is 0 Å². The zero-order valence-corrected chi connectivity index (χ0v) is 9.11. The molecule has 1 aromatic heterocycles. The number of aliphatic hydroxyl groups is 3. The lowest BCUT2D eigenvalue weighted by Crippen LogP contribution is -2.56. The minimum atomic E-state index is -3.96. The summed E-state index contributed by atoms with van der Waals surface area (Å²) >= 11 is 0. The number of nitrogens with zero attached hydrogens (tertiary/aromatic N) is 1. The number of sulfonamides is 1. The van der Waals surface area contributed by atoms with E-state index in [-0.39, 0.29) is 5.03 Å². The molecule has 0 aromatic carbocycles. The smallest absolute Gasteiger partial charge is 0.258 e. The predicted octanol–water partition coefficient (Wildman–Crippen LogP) is -2.60. The molecule has 1 aromatic rings. The lowest BCUT2D eigenvalue weighted by atomic mass is 10.1. The van der Waals surface area contributed by atoms with Gasteiger partial charge in [0.05, 0.1) is 32.3 Å². The summed E-state index contributed by atoms with van der Waals surface area (Å²) in [7, 11) is -3.96. The molecule has 0 aliphatic rings. The van der Waals surface area contributed by atoms with Gasteiger partial charge in [-0.1, -0.05) is 0 Å². The molecule has 0 radical (unpaired) electrons. The van der Waals surface area contributed by atoms with Crippen molar-refractivity contribution in [3.63, 3.8) is 0 Å². The summed E-state index contributed by atoms with van der Waals surface area (Å²) in [6.45, 7) is -2.19. The molecular weight excluding hydrogens is 238 g/mol. The van der Waals surface area contributed by atoms with Gasteiger partial charge in [0.2, 0.25) is 0 Å². The topological polar surface area (TPSA) is 136 Å². The summed E-state index contributed by atoms with van der Waals surface area (Å²) in [6, 6.07) is 0. The molecule has 16 heavy (non-hydrogen) atoms. The van der Waals surface area contributed by atoms with Crippen molar-refractivity contribution in [1.82, 2.24) is 14.7 Å². The SMILES string of the molecule is O=S(=O)(NC(CO)(CO)CO)c1cnc[nH]1. The molecule has 0 fully saturated rings. The Bertz CT molecular complexity index is 403. The summed E-state index contributed by atoms with van der Waals surface area (Å²) in [5.41, 5.74) is -1.69. The Balaban J connectivity index is 2.96. The van der Waals surface area contributed by atoms with E-state index in [0.29, 0.717) is 0 Å². The van der Waals surface area contributed by atoms with Crippen molar-refractivity contribution in [1.29, 1.82) is 0 Å². The number of nitrogens with one attached hydrogen (secondary N) is 2. The van der Waals surface area contributed by atoms with Crippen LogP contribution < -0.4 is 4.72 Å². The van der Waals surface area contributed by atoms with Crippen LogP contribution in [0.4, 0.5) is 0 Å². The number of H-pyrrole nitrogens is 1. The lowest BCUT2D eigenvalue weighted by Gasteiger charge is -2.27. The van der Waals surface area contributed by atoms with Gasteiger partial charge in [-0.2, -0.15) is 4.72 Å². The molecule has 0 aliphatic heterocycles. The predicted molar refractivity (Wildman–Crippen MR) is 52.9 cm³/mol. The minimum Gasteiger partial charge on any atom is -0.394 e. The van der Waals surface area contributed by atoms with Gasteiger partial charge in [0.25, 0.3) is 10.0 Å². The van der Waals surface area contributed by atoms with Crippen LogP contribution in [0.1, 0.15) is 0 Å². The third kappa shape index (κ3) is 2.57. The highest BCUT2D eigenvalue weighted by molar-refractivity contribution is 7.89. The fourth-order valence-corrected chi connectivity index (χ4v) is 2.26. The Kier molecular flexibility index (Phi) is 3.99. The van der Waals surface area contributed by atoms with Gasteiger partial charge in [0.15, 0.2) is 5.03 Å². The van der Waals surface area contributed by atoms with Gasteiger partial charge >= 0.3 is 0 Å². The van der Waals surface area contributed by atoms with Crippen LogP contribution in [0.15, 0.2) is 17.6 Å². The van der Waals surface area contributed by atoms with E-state index in [9.17, 15) is 8.42 Å². The molecule has 0 amide bonds. The molecule has 0 atom stereocenters. The van der Waals surface area contributed by atoms with Crippen LogP contribution in [0.5, 0.6) is 0 Å². The van der Waals surface area contributed by atoms with Crippen LogP contribution in [0.2, 0.25) is 0 Å². The minimum absolute atomic E-state index is 0.216. The first-order valence-electron chi connectivity index (χ1n) is 4.34. The quantitative estimate of drug-likeness (QED) is 0.376. The average Bonchev–Trinajstić information content (AvgIpc) is 2.80. The number of aliphatic hydroxyl groups excluding tert-OH is 3. The van der Waals surface area contributed by atoms with E-state index >= 15 is 0 Å². The first-order chi connectivity index (χ1) is 7.49. The van der Waals surface area contributed by atoms with Crippen molar-refractivity contribution < 1.29 is 23.7 Å². The maximum Gasteiger partial charge on any atom is 0.258 e. The van der Waals surface area contributed by atoms with Crippen LogP contribution in [0.3, 0.4) is 0 Å². The maximum atomic E-state index is 11.7. The van der Waals surface area contributed by atoms with E-state index in [1.807, 2.05) is 4.72 Å². The zero-order valence-electron chi connectivity index (χ0n) is 8.29. The van der Waals surface area contributed by atoms with Gasteiger partial charge in [-0.05, 0) is 0 Å². The molecule has 0 unspecified atom stereocenters. The van der Waals surface area contributed by atoms with E-state index in [1.165, 1.54) is 6.33 Å². The second-order valence-electron chi connectivity index (χ2n) is 3.28. The summed E-state index contributed by atoms with van der Waals surface area (Å²) < 4.78 is 25.3. The first-order valence-corrected chi connectivity index (χ1v) is 5.83. The Labute approximate surface area is 92.0 Å². The van der Waals surface area contributed by atoms with Crippen molar-refractivity contribution >= 4 is 10.0 Å². The van der Waals surface area contributed by atoms with Crippen molar-refractivity contribution in [2.75, 3.05) is 19.8 Å². The number of hydrogen-bond acceptors (Lipinski definition) is 6. The number of aromatic amines is 1. The fourth-order valence-electron chi connectivity index (χ4n) is 0.977. The van der Waals surface area contributed by atoms with Crippen molar-refractivity contribution in [2.24, 2.45) is 0 Å². The Morgan fingerprint density at radius 3 is 2.25 bits per heavy atom. The van der Waals surface area contributed by atoms with Crippen LogP contribution in [0.25, 0.3) is 0 Å². The normalized spacial score (nSPS) is 12.9. The van der Waals surface area contributed by atoms with Crippen molar-refractivity contribution in [3.05, 3.63) is 12.5 Å². The van der Waals surface area contributed by atoms with Gasteiger partial charge in [-0.3, -0.25) is 0 Å². The van der Waals surface area contributed by atoms with Crippen LogP contribution >= 0.6 is 0 Å². The second-order valence-corrected chi connectivity index (χ2v) is 4.93. The molecule has 1 heterocycles. The third-order valence-corrected chi connectivity index (χ3v) is 3.53. The Hall–Kier alpha value is -1.00. The molecule has 8 nitrogen and oxygen atoms in total. The monoisotopic (exact) mass is 251 g/mol. The summed E-state index contributed by atoms with van der Waals surface area (Å²) in [4.78, 5) is 5.90.